The van der Waals surface area contributed by atoms with Crippen molar-refractivity contribution in [2.45, 2.75) is 39.0 Å². The fourth-order valence-corrected chi connectivity index (χ4v) is 3.89. The van der Waals surface area contributed by atoms with Crippen LogP contribution in [0.2, 0.25) is 0 Å². The summed E-state index contributed by atoms with van der Waals surface area (Å²) in [5.74, 6) is -0.932. The maximum Gasteiger partial charge on any atom is 0.242 e. The highest BCUT2D eigenvalue weighted by Crippen LogP contribution is 2.47. The van der Waals surface area contributed by atoms with Crippen molar-refractivity contribution in [1.29, 1.82) is 0 Å². The van der Waals surface area contributed by atoms with Gasteiger partial charge < -0.3 is 0 Å². The van der Waals surface area contributed by atoms with E-state index in [2.05, 4.69) is 0 Å². The minimum absolute atomic E-state index is 0.0221. The molecule has 0 spiro atoms. The number of hydrazine groups is 1. The average Bonchev–Trinajstić information content (AvgIpc) is 2.44. The van der Waals surface area contributed by atoms with Gasteiger partial charge in [-0.2, -0.15) is 0 Å². The zero-order valence-electron chi connectivity index (χ0n) is 14.6. The summed E-state index contributed by atoms with van der Waals surface area (Å²) in [5, 5.41) is 3.30. The highest BCUT2D eigenvalue weighted by atomic mass is 19.1. The summed E-state index contributed by atoms with van der Waals surface area (Å²) < 4.78 is 14.3. The number of rotatable bonds is 2. The standard InChI is InChI=1S/C19H23FN2O2/c1-19(2)10-15-18(16(23)11-19)13(9-17(24)22(15)21(3)4)12-7-5-6-8-14(12)20/h5-8,13H,9-11H2,1-4H3/t13-/m1/s1. The van der Waals surface area contributed by atoms with Gasteiger partial charge in [0.25, 0.3) is 0 Å². The van der Waals surface area contributed by atoms with Crippen LogP contribution in [-0.4, -0.2) is 35.8 Å². The number of Topliss-reactive ketones (excluding diaryl/α,β-unsaturated/α-hetero) is 1. The topological polar surface area (TPSA) is 40.6 Å². The number of ketones is 1. The van der Waals surface area contributed by atoms with Crippen LogP contribution in [0.3, 0.4) is 0 Å². The number of hydrogen-bond acceptors (Lipinski definition) is 3. The highest BCUT2D eigenvalue weighted by Gasteiger charge is 2.45. The number of benzene rings is 1. The van der Waals surface area contributed by atoms with Gasteiger partial charge in [0.2, 0.25) is 5.91 Å². The molecule has 0 unspecified atom stereocenters. The van der Waals surface area contributed by atoms with E-state index in [1.54, 1.807) is 42.3 Å². The molecule has 0 radical (unpaired) electrons. The van der Waals surface area contributed by atoms with E-state index in [-0.39, 0.29) is 29.3 Å². The molecule has 2 aliphatic rings. The van der Waals surface area contributed by atoms with Crippen molar-refractivity contribution in [3.8, 4) is 0 Å². The quantitative estimate of drug-likeness (QED) is 0.836. The van der Waals surface area contributed by atoms with Gasteiger partial charge in [0, 0.05) is 44.1 Å². The fraction of sp³-hybridized carbons (Fsp3) is 0.474. The number of halogens is 1. The minimum atomic E-state index is -0.492. The lowest BCUT2D eigenvalue weighted by molar-refractivity contribution is -0.143. The smallest absolute Gasteiger partial charge is 0.242 e. The molecule has 0 aromatic heterocycles. The molecule has 4 nitrogen and oxygen atoms in total. The molecule has 1 aliphatic heterocycles. The molecule has 0 saturated carbocycles. The van der Waals surface area contributed by atoms with Crippen molar-refractivity contribution >= 4 is 11.7 Å². The second kappa shape index (κ2) is 5.81. The van der Waals surface area contributed by atoms with Gasteiger partial charge in [-0.3, -0.25) is 9.59 Å². The molecule has 1 atom stereocenters. The summed E-state index contributed by atoms with van der Waals surface area (Å²) in [6.07, 6.45) is 1.17. The van der Waals surface area contributed by atoms with Crippen molar-refractivity contribution < 1.29 is 14.0 Å². The Labute approximate surface area is 141 Å². The molecule has 1 aliphatic carbocycles. The lowest BCUT2D eigenvalue weighted by Gasteiger charge is -2.44. The van der Waals surface area contributed by atoms with Crippen LogP contribution in [0.1, 0.15) is 44.6 Å². The van der Waals surface area contributed by atoms with Gasteiger partial charge in [-0.25, -0.2) is 14.4 Å². The van der Waals surface area contributed by atoms with Gasteiger partial charge >= 0.3 is 0 Å². The summed E-state index contributed by atoms with van der Waals surface area (Å²) >= 11 is 0. The Hall–Kier alpha value is -2.01. The molecule has 5 heteroatoms. The van der Waals surface area contributed by atoms with E-state index in [0.29, 0.717) is 24.0 Å². The first-order chi connectivity index (χ1) is 11.2. The van der Waals surface area contributed by atoms with Crippen molar-refractivity contribution in [3.05, 3.63) is 46.9 Å². The van der Waals surface area contributed by atoms with E-state index in [4.69, 9.17) is 0 Å². The first kappa shape index (κ1) is 16.8. The predicted octanol–water partition coefficient (Wildman–Crippen LogP) is 3.26. The molecular weight excluding hydrogens is 307 g/mol. The average molecular weight is 330 g/mol. The van der Waals surface area contributed by atoms with E-state index in [0.717, 1.165) is 5.70 Å². The minimum Gasteiger partial charge on any atom is -0.294 e. The molecule has 3 rings (SSSR count). The number of nitrogens with zero attached hydrogens (tertiary/aromatic N) is 2. The molecular formula is C19H23FN2O2. The molecule has 24 heavy (non-hydrogen) atoms. The molecule has 1 aromatic rings. The predicted molar refractivity (Wildman–Crippen MR) is 89.3 cm³/mol. The van der Waals surface area contributed by atoms with Crippen LogP contribution in [0.4, 0.5) is 4.39 Å². The summed E-state index contributed by atoms with van der Waals surface area (Å²) in [4.78, 5) is 25.6. The summed E-state index contributed by atoms with van der Waals surface area (Å²) in [6, 6.07) is 6.43. The van der Waals surface area contributed by atoms with E-state index >= 15 is 0 Å². The fourth-order valence-electron chi connectivity index (χ4n) is 3.89. The number of amides is 1. The largest absolute Gasteiger partial charge is 0.294 e. The summed E-state index contributed by atoms with van der Waals surface area (Å²) in [6.45, 7) is 4.05. The zero-order chi connectivity index (χ0) is 17.6. The molecule has 1 heterocycles. The lowest BCUT2D eigenvalue weighted by Crippen LogP contribution is -2.49. The third kappa shape index (κ3) is 2.77. The van der Waals surface area contributed by atoms with Crippen molar-refractivity contribution in [2.24, 2.45) is 5.41 Å². The van der Waals surface area contributed by atoms with Crippen molar-refractivity contribution in [1.82, 2.24) is 10.0 Å². The molecule has 0 N–H and O–H groups in total. The zero-order valence-corrected chi connectivity index (χ0v) is 14.6. The third-order valence-corrected chi connectivity index (χ3v) is 4.80. The van der Waals surface area contributed by atoms with Gasteiger partial charge in [0.05, 0.1) is 0 Å². The van der Waals surface area contributed by atoms with E-state index in [9.17, 15) is 14.0 Å². The lowest BCUT2D eigenvalue weighted by atomic mass is 9.69. The van der Waals surface area contributed by atoms with Crippen LogP contribution in [0.15, 0.2) is 35.5 Å². The van der Waals surface area contributed by atoms with Crippen LogP contribution in [0, 0.1) is 11.2 Å². The first-order valence-corrected chi connectivity index (χ1v) is 8.22. The Morgan fingerprint density at radius 3 is 2.46 bits per heavy atom. The maximum absolute atomic E-state index is 14.3. The monoisotopic (exact) mass is 330 g/mol. The molecule has 0 fully saturated rings. The molecule has 128 valence electrons. The highest BCUT2D eigenvalue weighted by molar-refractivity contribution is 6.01. The molecule has 0 saturated heterocycles. The van der Waals surface area contributed by atoms with Gasteiger partial charge in [-0.15, -0.1) is 0 Å². The van der Waals surface area contributed by atoms with Gasteiger partial charge in [0.1, 0.15) is 5.82 Å². The Kier molecular flexibility index (Phi) is 4.08. The van der Waals surface area contributed by atoms with Crippen LogP contribution in [0.25, 0.3) is 0 Å². The Bertz CT molecular complexity index is 737. The van der Waals surface area contributed by atoms with E-state index in [1.807, 2.05) is 13.8 Å². The van der Waals surface area contributed by atoms with Crippen LogP contribution in [-0.2, 0) is 9.59 Å². The second-order valence-corrected chi connectivity index (χ2v) is 7.63. The molecule has 0 bridgehead atoms. The number of carbonyl (C=O) groups excluding carboxylic acids is 2. The maximum atomic E-state index is 14.3. The van der Waals surface area contributed by atoms with E-state index in [1.165, 1.54) is 6.07 Å². The van der Waals surface area contributed by atoms with Gasteiger partial charge in [-0.05, 0) is 23.5 Å². The Morgan fingerprint density at radius 1 is 1.17 bits per heavy atom. The van der Waals surface area contributed by atoms with Crippen LogP contribution < -0.4 is 0 Å². The van der Waals surface area contributed by atoms with Crippen LogP contribution >= 0.6 is 0 Å². The third-order valence-electron chi connectivity index (χ3n) is 4.80. The number of hydrogen-bond donors (Lipinski definition) is 0. The van der Waals surface area contributed by atoms with Gasteiger partial charge in [-0.1, -0.05) is 32.0 Å². The second-order valence-electron chi connectivity index (χ2n) is 7.63. The Morgan fingerprint density at radius 2 is 1.83 bits per heavy atom. The van der Waals surface area contributed by atoms with E-state index < -0.39 is 5.92 Å². The Balaban J connectivity index is 2.19. The normalized spacial score (nSPS) is 23.8. The van der Waals surface area contributed by atoms with Crippen molar-refractivity contribution in [3.63, 3.8) is 0 Å². The summed E-state index contributed by atoms with van der Waals surface area (Å²) in [7, 11) is 3.58. The molecule has 1 amide bonds. The molecule has 1 aromatic carbocycles. The van der Waals surface area contributed by atoms with Crippen molar-refractivity contribution in [2.75, 3.05) is 14.1 Å². The first-order valence-electron chi connectivity index (χ1n) is 8.22. The number of carbonyl (C=O) groups is 2. The van der Waals surface area contributed by atoms with Gasteiger partial charge in [0.15, 0.2) is 5.78 Å². The number of allylic oxidation sites excluding steroid dienone is 2. The summed E-state index contributed by atoms with van der Waals surface area (Å²) in [5.41, 5.74) is 1.56. The SMILES string of the molecule is CN(C)N1C(=O)C[C@H](c2ccccc2F)C2=C1CC(C)(C)CC2=O. The van der Waals surface area contributed by atoms with Crippen LogP contribution in [0.5, 0.6) is 0 Å².